The predicted molar refractivity (Wildman–Crippen MR) is 92.8 cm³/mol. The van der Waals surface area contributed by atoms with Gasteiger partial charge in [0.1, 0.15) is 5.92 Å². The van der Waals surface area contributed by atoms with Crippen molar-refractivity contribution in [3.8, 4) is 0 Å². The smallest absolute Gasteiger partial charge is 0.301 e. The molecule has 4 rings (SSSR count). The number of hydroxylamine groups is 1. The third kappa shape index (κ3) is 2.06. The van der Waals surface area contributed by atoms with Crippen molar-refractivity contribution in [3.05, 3.63) is 77.0 Å². The van der Waals surface area contributed by atoms with Crippen molar-refractivity contribution in [2.45, 2.75) is 24.3 Å². The van der Waals surface area contributed by atoms with Gasteiger partial charge in [0.15, 0.2) is 6.21 Å². The summed E-state index contributed by atoms with van der Waals surface area (Å²) < 4.78 is 0.862. The molecule has 2 atom stereocenters. The van der Waals surface area contributed by atoms with E-state index in [4.69, 9.17) is 0 Å². The fraction of sp³-hybridized carbons (Fsp3) is 0.300. The van der Waals surface area contributed by atoms with Gasteiger partial charge in [-0.15, -0.1) is 0 Å². The number of amides is 1. The first kappa shape index (κ1) is 14.9. The van der Waals surface area contributed by atoms with Crippen LogP contribution in [0.4, 0.5) is 0 Å². The molecule has 24 heavy (non-hydrogen) atoms. The van der Waals surface area contributed by atoms with Gasteiger partial charge in [0.2, 0.25) is 0 Å². The molecular formula is C20H20N2O2. The van der Waals surface area contributed by atoms with Gasteiger partial charge in [0, 0.05) is 18.7 Å². The molecular weight excluding hydrogens is 300 g/mol. The van der Waals surface area contributed by atoms with E-state index in [1.807, 2.05) is 65.6 Å². The zero-order valence-electron chi connectivity index (χ0n) is 13.5. The Morgan fingerprint density at radius 1 is 1.00 bits per heavy atom. The van der Waals surface area contributed by atoms with Crippen LogP contribution < -0.4 is 0 Å². The van der Waals surface area contributed by atoms with Crippen molar-refractivity contribution >= 4 is 12.1 Å². The molecule has 4 nitrogen and oxygen atoms in total. The van der Waals surface area contributed by atoms with Gasteiger partial charge in [-0.25, -0.2) is 0 Å². The maximum atomic E-state index is 13.4. The molecule has 0 unspecified atom stereocenters. The van der Waals surface area contributed by atoms with Crippen LogP contribution in [0.15, 0.2) is 60.7 Å². The summed E-state index contributed by atoms with van der Waals surface area (Å²) in [6.45, 7) is 1.48. The molecule has 2 aromatic rings. The Labute approximate surface area is 141 Å². The third-order valence-corrected chi connectivity index (χ3v) is 5.17. The molecule has 0 aliphatic carbocycles. The molecule has 1 amide bonds. The zero-order valence-corrected chi connectivity index (χ0v) is 13.5. The van der Waals surface area contributed by atoms with E-state index in [2.05, 4.69) is 0 Å². The van der Waals surface area contributed by atoms with Gasteiger partial charge in [-0.3, -0.25) is 4.79 Å². The van der Waals surface area contributed by atoms with Crippen LogP contribution in [0.1, 0.15) is 29.9 Å². The maximum Gasteiger partial charge on any atom is 0.301 e. The van der Waals surface area contributed by atoms with E-state index < -0.39 is 5.54 Å². The molecule has 1 saturated heterocycles. The number of benzene rings is 2. The molecule has 1 fully saturated rings. The monoisotopic (exact) mass is 320 g/mol. The third-order valence-electron chi connectivity index (χ3n) is 5.17. The minimum absolute atomic E-state index is 0.0717. The number of likely N-dealkylation sites (tertiary alicyclic amines) is 1. The molecule has 0 radical (unpaired) electrons. The van der Waals surface area contributed by atoms with Gasteiger partial charge in [-0.1, -0.05) is 60.7 Å². The molecule has 0 N–H and O–H groups in total. The zero-order chi connectivity index (χ0) is 16.6. The van der Waals surface area contributed by atoms with Crippen LogP contribution in [0, 0.1) is 5.21 Å². The summed E-state index contributed by atoms with van der Waals surface area (Å²) in [6.07, 6.45) is 3.64. The van der Waals surface area contributed by atoms with Crippen molar-refractivity contribution in [1.29, 1.82) is 0 Å². The summed E-state index contributed by atoms with van der Waals surface area (Å²) in [6, 6.07) is 19.3. The van der Waals surface area contributed by atoms with Crippen molar-refractivity contribution in [3.63, 3.8) is 0 Å². The molecule has 0 bridgehead atoms. The van der Waals surface area contributed by atoms with Crippen LogP contribution in [0.2, 0.25) is 0 Å². The highest BCUT2D eigenvalue weighted by atomic mass is 16.5. The molecule has 2 heterocycles. The van der Waals surface area contributed by atoms with E-state index >= 15 is 0 Å². The fourth-order valence-electron chi connectivity index (χ4n) is 3.91. The average Bonchev–Trinajstić information content (AvgIpc) is 3.16. The largest absolute Gasteiger partial charge is 0.623 e. The first-order valence-corrected chi connectivity index (χ1v) is 8.46. The topological polar surface area (TPSA) is 46.4 Å². The SMILES string of the molecule is O=C(N1CCCC1)[C@@]1(c2ccccc2)[C@@H](c2ccccc2)C=[N+]1[O-]. The van der Waals surface area contributed by atoms with Crippen LogP contribution in [0.25, 0.3) is 0 Å². The summed E-state index contributed by atoms with van der Waals surface area (Å²) in [5.41, 5.74) is 0.599. The molecule has 4 heteroatoms. The van der Waals surface area contributed by atoms with E-state index in [0.29, 0.717) is 0 Å². The lowest BCUT2D eigenvalue weighted by Gasteiger charge is -2.43. The fourth-order valence-corrected chi connectivity index (χ4v) is 3.91. The second-order valence-electron chi connectivity index (χ2n) is 6.49. The van der Waals surface area contributed by atoms with Gasteiger partial charge < -0.3 is 10.1 Å². The van der Waals surface area contributed by atoms with E-state index in [-0.39, 0.29) is 11.8 Å². The van der Waals surface area contributed by atoms with Crippen molar-refractivity contribution in [2.24, 2.45) is 0 Å². The lowest BCUT2D eigenvalue weighted by Crippen LogP contribution is -2.62. The summed E-state index contributed by atoms with van der Waals surface area (Å²) in [7, 11) is 0. The summed E-state index contributed by atoms with van der Waals surface area (Å²) in [4.78, 5) is 15.3. The van der Waals surface area contributed by atoms with Gasteiger partial charge in [0.05, 0.1) is 0 Å². The Morgan fingerprint density at radius 2 is 1.58 bits per heavy atom. The van der Waals surface area contributed by atoms with Gasteiger partial charge in [-0.05, 0) is 18.4 Å². The van der Waals surface area contributed by atoms with Gasteiger partial charge >= 0.3 is 5.91 Å². The molecule has 0 aromatic heterocycles. The van der Waals surface area contributed by atoms with Crippen LogP contribution in [-0.2, 0) is 10.3 Å². The highest BCUT2D eigenvalue weighted by Gasteiger charge is 2.64. The molecule has 2 aliphatic heterocycles. The summed E-state index contributed by atoms with van der Waals surface area (Å²) >= 11 is 0. The Balaban J connectivity index is 1.85. The predicted octanol–water partition coefficient (Wildman–Crippen LogP) is 2.88. The first-order chi connectivity index (χ1) is 11.7. The summed E-state index contributed by atoms with van der Waals surface area (Å²) in [5, 5.41) is 12.7. The minimum atomic E-state index is -1.17. The van der Waals surface area contributed by atoms with Gasteiger partial charge in [-0.2, -0.15) is 4.74 Å². The minimum Gasteiger partial charge on any atom is -0.623 e. The van der Waals surface area contributed by atoms with E-state index in [9.17, 15) is 10.0 Å². The van der Waals surface area contributed by atoms with Crippen LogP contribution >= 0.6 is 0 Å². The number of hydrogen-bond donors (Lipinski definition) is 0. The van der Waals surface area contributed by atoms with Crippen LogP contribution in [-0.4, -0.2) is 34.9 Å². The maximum absolute atomic E-state index is 13.4. The van der Waals surface area contributed by atoms with Gasteiger partial charge in [0.25, 0.3) is 5.54 Å². The van der Waals surface area contributed by atoms with Crippen molar-refractivity contribution in [2.75, 3.05) is 13.1 Å². The van der Waals surface area contributed by atoms with E-state index in [0.717, 1.165) is 41.8 Å². The number of carbonyl (C=O) groups excluding carboxylic acids is 1. The first-order valence-electron chi connectivity index (χ1n) is 8.46. The number of carbonyl (C=O) groups is 1. The second-order valence-corrected chi connectivity index (χ2v) is 6.49. The molecule has 0 spiro atoms. The van der Waals surface area contributed by atoms with Crippen molar-refractivity contribution in [1.82, 2.24) is 4.90 Å². The highest BCUT2D eigenvalue weighted by molar-refractivity contribution is 5.95. The highest BCUT2D eigenvalue weighted by Crippen LogP contribution is 2.46. The molecule has 122 valence electrons. The number of nitrogens with zero attached hydrogens (tertiary/aromatic N) is 2. The normalized spacial score (nSPS) is 25.9. The van der Waals surface area contributed by atoms with Crippen LogP contribution in [0.5, 0.6) is 0 Å². The molecule has 2 aromatic carbocycles. The number of rotatable bonds is 3. The molecule has 0 saturated carbocycles. The summed E-state index contributed by atoms with van der Waals surface area (Å²) in [5.74, 6) is -0.302. The van der Waals surface area contributed by atoms with Crippen molar-refractivity contribution < 1.29 is 9.53 Å². The Morgan fingerprint density at radius 3 is 2.17 bits per heavy atom. The quantitative estimate of drug-likeness (QED) is 0.645. The molecule has 2 aliphatic rings. The number of hydrogen-bond acceptors (Lipinski definition) is 2. The lowest BCUT2D eigenvalue weighted by atomic mass is 9.70. The Kier molecular flexibility index (Phi) is 3.60. The van der Waals surface area contributed by atoms with E-state index in [1.54, 1.807) is 6.21 Å². The average molecular weight is 320 g/mol. The Hall–Kier alpha value is -2.62. The van der Waals surface area contributed by atoms with Crippen LogP contribution in [0.3, 0.4) is 0 Å². The van der Waals surface area contributed by atoms with E-state index in [1.165, 1.54) is 0 Å². The standard InChI is InChI=1S/C20H20N2O2/c23-19(21-13-7-8-14-21)20(17-11-5-2-6-12-17)18(15-22(20)24)16-9-3-1-4-10-16/h1-6,9-12,15,18H,7-8,13-14H2/t18-,20-/m1/s1. The Bertz CT molecular complexity index is 767. The lowest BCUT2D eigenvalue weighted by molar-refractivity contribution is -0.571. The second kappa shape index (κ2) is 5.78.